The Hall–Kier alpha value is -3.34. The summed E-state index contributed by atoms with van der Waals surface area (Å²) in [5, 5.41) is 14.9. The lowest BCUT2D eigenvalue weighted by Gasteiger charge is -2.30. The van der Waals surface area contributed by atoms with Crippen molar-refractivity contribution in [1.82, 2.24) is 4.90 Å². The number of hydrogen-bond donors (Lipinski definition) is 2. The molecule has 2 amide bonds. The molecule has 1 aromatic rings. The summed E-state index contributed by atoms with van der Waals surface area (Å²) >= 11 is 0. The van der Waals surface area contributed by atoms with Crippen molar-refractivity contribution in [2.45, 2.75) is 26.7 Å². The van der Waals surface area contributed by atoms with Gasteiger partial charge in [-0.3, -0.25) is 14.4 Å². The number of carbonyl (C=O) groups excluding carboxylic acids is 3. The maximum atomic E-state index is 12.6. The second-order valence-electron chi connectivity index (χ2n) is 6.39. The molecule has 0 aromatic heterocycles. The molecule has 0 bridgehead atoms. The average Bonchev–Trinajstić information content (AvgIpc) is 2.68. The van der Waals surface area contributed by atoms with Gasteiger partial charge in [-0.2, -0.15) is 5.26 Å². The van der Waals surface area contributed by atoms with E-state index < -0.39 is 0 Å². The van der Waals surface area contributed by atoms with E-state index in [1.807, 2.05) is 6.07 Å². The monoisotopic (exact) mass is 384 g/mol. The van der Waals surface area contributed by atoms with E-state index in [1.165, 1.54) is 13.1 Å². The van der Waals surface area contributed by atoms with Gasteiger partial charge in [-0.05, 0) is 38.0 Å². The summed E-state index contributed by atoms with van der Waals surface area (Å²) in [5.41, 5.74) is 1.21. The minimum absolute atomic E-state index is 0.0282. The van der Waals surface area contributed by atoms with Gasteiger partial charge in [0.05, 0.1) is 12.5 Å². The zero-order valence-electron chi connectivity index (χ0n) is 16.0. The molecule has 1 aliphatic heterocycles. The minimum atomic E-state index is -0.379. The first kappa shape index (κ1) is 21.0. The van der Waals surface area contributed by atoms with Crippen LogP contribution in [-0.2, 0) is 19.1 Å². The number of ether oxygens (including phenoxy) is 1. The number of piperidine rings is 1. The topological polar surface area (TPSA) is 112 Å². The van der Waals surface area contributed by atoms with Crippen molar-refractivity contribution >= 4 is 29.2 Å². The lowest BCUT2D eigenvalue weighted by atomic mass is 9.96. The number of carbonyl (C=O) groups is 3. The molecule has 1 aromatic carbocycles. The number of nitrogens with one attached hydrogen (secondary N) is 2. The van der Waals surface area contributed by atoms with Crippen LogP contribution < -0.4 is 10.6 Å². The Morgan fingerprint density at radius 2 is 1.96 bits per heavy atom. The van der Waals surface area contributed by atoms with Gasteiger partial charge in [0, 0.05) is 37.6 Å². The molecule has 0 aliphatic carbocycles. The SMILES string of the molecule is CCOC(=O)C1CCN(C(=O)/C(C#N)=C\Nc2cccc(NC(C)=O)c2)CC1. The molecule has 1 aliphatic rings. The van der Waals surface area contributed by atoms with Gasteiger partial charge in [0.15, 0.2) is 0 Å². The molecule has 148 valence electrons. The normalized spacial score (nSPS) is 14.8. The maximum Gasteiger partial charge on any atom is 0.309 e. The fraction of sp³-hybridized carbons (Fsp3) is 0.400. The van der Waals surface area contributed by atoms with Crippen LogP contribution in [0.1, 0.15) is 26.7 Å². The Balaban J connectivity index is 1.97. The van der Waals surface area contributed by atoms with Gasteiger partial charge in [0.2, 0.25) is 5.91 Å². The molecule has 1 fully saturated rings. The Kier molecular flexibility index (Phi) is 7.57. The zero-order chi connectivity index (χ0) is 20.5. The number of hydrogen-bond acceptors (Lipinski definition) is 6. The van der Waals surface area contributed by atoms with E-state index in [9.17, 15) is 19.6 Å². The first-order chi connectivity index (χ1) is 13.4. The number of rotatable bonds is 6. The molecular weight excluding hydrogens is 360 g/mol. The third-order valence-corrected chi connectivity index (χ3v) is 4.32. The number of benzene rings is 1. The molecule has 1 saturated heterocycles. The van der Waals surface area contributed by atoms with Crippen LogP contribution in [-0.4, -0.2) is 42.4 Å². The van der Waals surface area contributed by atoms with Crippen molar-refractivity contribution in [3.63, 3.8) is 0 Å². The van der Waals surface area contributed by atoms with Gasteiger partial charge >= 0.3 is 5.97 Å². The van der Waals surface area contributed by atoms with Gasteiger partial charge in [0.25, 0.3) is 5.91 Å². The molecule has 1 heterocycles. The largest absolute Gasteiger partial charge is 0.466 e. The molecule has 2 rings (SSSR count). The van der Waals surface area contributed by atoms with Gasteiger partial charge < -0.3 is 20.3 Å². The van der Waals surface area contributed by atoms with E-state index in [0.717, 1.165) is 0 Å². The molecule has 0 radical (unpaired) electrons. The van der Waals surface area contributed by atoms with Crippen LogP contribution in [0.2, 0.25) is 0 Å². The highest BCUT2D eigenvalue weighted by Crippen LogP contribution is 2.20. The van der Waals surface area contributed by atoms with Crippen LogP contribution in [0.3, 0.4) is 0 Å². The van der Waals surface area contributed by atoms with Crippen LogP contribution in [0.5, 0.6) is 0 Å². The van der Waals surface area contributed by atoms with E-state index in [0.29, 0.717) is 43.9 Å². The van der Waals surface area contributed by atoms with Gasteiger partial charge in [0.1, 0.15) is 11.6 Å². The summed E-state index contributed by atoms with van der Waals surface area (Å²) in [4.78, 5) is 37.1. The van der Waals surface area contributed by atoms with E-state index in [-0.39, 0.29) is 29.3 Å². The Bertz CT molecular complexity index is 805. The standard InChI is InChI=1S/C20H24N4O4/c1-3-28-20(27)15-7-9-24(10-8-15)19(26)16(12-21)13-22-17-5-4-6-18(11-17)23-14(2)25/h4-6,11,13,15,22H,3,7-10H2,1-2H3,(H,23,25)/b16-13-. The van der Waals surface area contributed by atoms with E-state index in [2.05, 4.69) is 10.6 Å². The Morgan fingerprint density at radius 3 is 2.57 bits per heavy atom. The van der Waals surface area contributed by atoms with Crippen molar-refractivity contribution in [2.24, 2.45) is 5.92 Å². The number of esters is 1. The molecule has 0 spiro atoms. The third-order valence-electron chi connectivity index (χ3n) is 4.32. The van der Waals surface area contributed by atoms with Crippen molar-refractivity contribution in [3.05, 3.63) is 36.0 Å². The van der Waals surface area contributed by atoms with Crippen LogP contribution in [0, 0.1) is 17.2 Å². The summed E-state index contributed by atoms with van der Waals surface area (Å²) in [6, 6.07) is 8.85. The summed E-state index contributed by atoms with van der Waals surface area (Å²) in [5.74, 6) is -0.998. The summed E-state index contributed by atoms with van der Waals surface area (Å²) in [6.45, 7) is 4.32. The Morgan fingerprint density at radius 1 is 1.29 bits per heavy atom. The molecule has 0 saturated carbocycles. The zero-order valence-corrected chi connectivity index (χ0v) is 16.0. The third kappa shape index (κ3) is 5.84. The highest BCUT2D eigenvalue weighted by Gasteiger charge is 2.29. The first-order valence-corrected chi connectivity index (χ1v) is 9.15. The minimum Gasteiger partial charge on any atom is -0.466 e. The molecular formula is C20H24N4O4. The van der Waals surface area contributed by atoms with E-state index in [1.54, 1.807) is 36.1 Å². The Labute approximate surface area is 164 Å². The van der Waals surface area contributed by atoms with Crippen LogP contribution in [0.15, 0.2) is 36.0 Å². The predicted octanol–water partition coefficient (Wildman–Crippen LogP) is 2.27. The number of nitrogens with zero attached hydrogens (tertiary/aromatic N) is 2. The van der Waals surface area contributed by atoms with Crippen molar-refractivity contribution in [2.75, 3.05) is 30.3 Å². The number of amides is 2. The molecule has 8 nitrogen and oxygen atoms in total. The van der Waals surface area contributed by atoms with E-state index in [4.69, 9.17) is 4.74 Å². The number of likely N-dealkylation sites (tertiary alicyclic amines) is 1. The van der Waals surface area contributed by atoms with Gasteiger partial charge in [-0.1, -0.05) is 6.07 Å². The predicted molar refractivity (Wildman–Crippen MR) is 104 cm³/mol. The van der Waals surface area contributed by atoms with Crippen molar-refractivity contribution in [1.29, 1.82) is 5.26 Å². The summed E-state index contributed by atoms with van der Waals surface area (Å²) < 4.78 is 5.02. The summed E-state index contributed by atoms with van der Waals surface area (Å²) in [7, 11) is 0. The lowest BCUT2D eigenvalue weighted by molar-refractivity contribution is -0.150. The fourth-order valence-corrected chi connectivity index (χ4v) is 2.94. The lowest BCUT2D eigenvalue weighted by Crippen LogP contribution is -2.41. The molecule has 8 heteroatoms. The highest BCUT2D eigenvalue weighted by molar-refractivity contribution is 5.97. The van der Waals surface area contributed by atoms with Crippen molar-refractivity contribution in [3.8, 4) is 6.07 Å². The second-order valence-corrected chi connectivity index (χ2v) is 6.39. The molecule has 0 unspecified atom stereocenters. The van der Waals surface area contributed by atoms with Crippen LogP contribution >= 0.6 is 0 Å². The summed E-state index contributed by atoms with van der Waals surface area (Å²) in [6.07, 6.45) is 2.40. The van der Waals surface area contributed by atoms with Gasteiger partial charge in [-0.15, -0.1) is 0 Å². The second kappa shape index (κ2) is 10.1. The first-order valence-electron chi connectivity index (χ1n) is 9.15. The molecule has 2 N–H and O–H groups in total. The molecule has 28 heavy (non-hydrogen) atoms. The van der Waals surface area contributed by atoms with E-state index >= 15 is 0 Å². The van der Waals surface area contributed by atoms with Crippen LogP contribution in [0.25, 0.3) is 0 Å². The smallest absolute Gasteiger partial charge is 0.309 e. The number of anilines is 2. The average molecular weight is 384 g/mol. The van der Waals surface area contributed by atoms with Crippen LogP contribution in [0.4, 0.5) is 11.4 Å². The quantitative estimate of drug-likeness (QED) is 0.442. The van der Waals surface area contributed by atoms with Crippen molar-refractivity contribution < 1.29 is 19.1 Å². The fourth-order valence-electron chi connectivity index (χ4n) is 2.94. The molecule has 0 atom stereocenters. The maximum absolute atomic E-state index is 12.6. The van der Waals surface area contributed by atoms with Gasteiger partial charge in [-0.25, -0.2) is 0 Å². The number of nitriles is 1. The highest BCUT2D eigenvalue weighted by atomic mass is 16.5.